The normalized spacial score (nSPS) is 21.0. The summed E-state index contributed by atoms with van der Waals surface area (Å²) in [5.74, 6) is -0.537. The van der Waals surface area contributed by atoms with Crippen LogP contribution in [0, 0.1) is 11.3 Å². The van der Waals surface area contributed by atoms with Crippen molar-refractivity contribution in [3.05, 3.63) is 59.4 Å². The third-order valence-corrected chi connectivity index (χ3v) is 4.57. The number of nitrogens with zero attached hydrogens (tertiary/aromatic N) is 1. The minimum atomic E-state index is -0.837. The summed E-state index contributed by atoms with van der Waals surface area (Å²) in [4.78, 5) is 11.9. The minimum absolute atomic E-state index is 0.0305. The van der Waals surface area contributed by atoms with Gasteiger partial charge >= 0.3 is 5.97 Å². The molecule has 2 aromatic rings. The summed E-state index contributed by atoms with van der Waals surface area (Å²) in [6.45, 7) is 0. The lowest BCUT2D eigenvalue weighted by molar-refractivity contribution is -0.136. The van der Waals surface area contributed by atoms with Crippen molar-refractivity contribution in [3.8, 4) is 6.07 Å². The molecule has 0 radical (unpaired) electrons. The zero-order valence-corrected chi connectivity index (χ0v) is 12.9. The van der Waals surface area contributed by atoms with Gasteiger partial charge in [-0.1, -0.05) is 42.5 Å². The summed E-state index contributed by atoms with van der Waals surface area (Å²) < 4.78 is 4.76. The number of aliphatic hydroxyl groups is 1. The van der Waals surface area contributed by atoms with Crippen molar-refractivity contribution < 1.29 is 14.6 Å². The number of hydrogen-bond donors (Lipinski definition) is 1. The first-order valence-corrected chi connectivity index (χ1v) is 7.50. The number of benzene rings is 2. The van der Waals surface area contributed by atoms with Gasteiger partial charge in [0.1, 0.15) is 5.76 Å². The number of rotatable bonds is 2. The van der Waals surface area contributed by atoms with E-state index in [2.05, 4.69) is 6.07 Å². The van der Waals surface area contributed by atoms with Crippen molar-refractivity contribution in [2.75, 3.05) is 7.11 Å². The van der Waals surface area contributed by atoms with Crippen molar-refractivity contribution >= 4 is 16.7 Å². The molecule has 4 heteroatoms. The third kappa shape index (κ3) is 2.44. The molecule has 1 aliphatic rings. The van der Waals surface area contributed by atoms with Crippen LogP contribution in [0.1, 0.15) is 24.8 Å². The Bertz CT molecular complexity index is 842. The maximum atomic E-state index is 11.9. The van der Waals surface area contributed by atoms with Crippen LogP contribution in [-0.2, 0) is 14.9 Å². The van der Waals surface area contributed by atoms with Gasteiger partial charge in [0.05, 0.1) is 24.2 Å². The molecule has 1 unspecified atom stereocenters. The molecule has 0 fully saturated rings. The summed E-state index contributed by atoms with van der Waals surface area (Å²) in [5, 5.41) is 22.0. The Morgan fingerprint density at radius 3 is 2.74 bits per heavy atom. The second kappa shape index (κ2) is 5.77. The minimum Gasteiger partial charge on any atom is -0.512 e. The first kappa shape index (κ1) is 15.1. The van der Waals surface area contributed by atoms with Crippen LogP contribution in [0.4, 0.5) is 0 Å². The summed E-state index contributed by atoms with van der Waals surface area (Å²) in [6, 6.07) is 16.1. The van der Waals surface area contributed by atoms with Gasteiger partial charge < -0.3 is 9.84 Å². The van der Waals surface area contributed by atoms with Crippen LogP contribution < -0.4 is 0 Å². The maximum absolute atomic E-state index is 11.9. The molecule has 0 saturated heterocycles. The Balaban J connectivity index is 2.16. The van der Waals surface area contributed by atoms with E-state index < -0.39 is 11.4 Å². The third-order valence-electron chi connectivity index (χ3n) is 4.57. The van der Waals surface area contributed by atoms with E-state index in [1.807, 2.05) is 42.5 Å². The standard InChI is InChI=1S/C19H17NO3/c1-23-18(22)15-11-19(12-20,10-9-17(15)21)16-8-4-6-13-5-2-3-7-14(13)16/h2-8,21H,9-11H2,1H3. The van der Waals surface area contributed by atoms with Crippen LogP contribution in [0.5, 0.6) is 0 Å². The van der Waals surface area contributed by atoms with Crippen LogP contribution in [0.2, 0.25) is 0 Å². The summed E-state index contributed by atoms with van der Waals surface area (Å²) in [6.07, 6.45) is 0.932. The van der Waals surface area contributed by atoms with E-state index in [0.717, 1.165) is 16.3 Å². The lowest BCUT2D eigenvalue weighted by Gasteiger charge is -2.32. The SMILES string of the molecule is COC(=O)C1=C(O)CCC(C#N)(c2cccc3ccccc23)C1. The van der Waals surface area contributed by atoms with Crippen molar-refractivity contribution in [2.45, 2.75) is 24.7 Å². The lowest BCUT2D eigenvalue weighted by atomic mass is 9.68. The molecular formula is C19H17NO3. The van der Waals surface area contributed by atoms with Gasteiger partial charge in [-0.15, -0.1) is 0 Å². The van der Waals surface area contributed by atoms with Gasteiger partial charge in [-0.05, 0) is 22.8 Å². The number of esters is 1. The predicted octanol–water partition coefficient (Wildman–Crippen LogP) is 3.77. The van der Waals surface area contributed by atoms with Gasteiger partial charge in [-0.2, -0.15) is 5.26 Å². The fraction of sp³-hybridized carbons (Fsp3) is 0.263. The second-order valence-corrected chi connectivity index (χ2v) is 5.81. The van der Waals surface area contributed by atoms with Gasteiger partial charge in [-0.25, -0.2) is 4.79 Å². The van der Waals surface area contributed by atoms with Gasteiger partial charge in [0, 0.05) is 12.8 Å². The Morgan fingerprint density at radius 2 is 2.00 bits per heavy atom. The predicted molar refractivity (Wildman–Crippen MR) is 86.8 cm³/mol. The molecule has 0 saturated carbocycles. The zero-order chi connectivity index (χ0) is 16.4. The molecule has 2 aromatic carbocycles. The van der Waals surface area contributed by atoms with E-state index in [0.29, 0.717) is 12.8 Å². The molecule has 0 heterocycles. The summed E-state index contributed by atoms with van der Waals surface area (Å²) in [5.41, 5.74) is 0.261. The highest BCUT2D eigenvalue weighted by Gasteiger charge is 2.41. The monoisotopic (exact) mass is 307 g/mol. The number of carbonyl (C=O) groups excluding carboxylic acids is 1. The van der Waals surface area contributed by atoms with Crippen LogP contribution in [0.25, 0.3) is 10.8 Å². The highest BCUT2D eigenvalue weighted by atomic mass is 16.5. The smallest absolute Gasteiger partial charge is 0.337 e. The number of carbonyl (C=O) groups is 1. The van der Waals surface area contributed by atoms with Crippen molar-refractivity contribution in [2.24, 2.45) is 0 Å². The Labute approximate surface area is 134 Å². The van der Waals surface area contributed by atoms with Gasteiger partial charge in [-0.3, -0.25) is 0 Å². The number of fused-ring (bicyclic) bond motifs is 1. The topological polar surface area (TPSA) is 70.3 Å². The molecule has 116 valence electrons. The molecule has 0 spiro atoms. The highest BCUT2D eigenvalue weighted by molar-refractivity contribution is 5.91. The largest absolute Gasteiger partial charge is 0.512 e. The number of methoxy groups -OCH3 is 1. The van der Waals surface area contributed by atoms with Crippen molar-refractivity contribution in [3.63, 3.8) is 0 Å². The van der Waals surface area contributed by atoms with Crippen molar-refractivity contribution in [1.29, 1.82) is 5.26 Å². The van der Waals surface area contributed by atoms with E-state index in [9.17, 15) is 15.2 Å². The molecule has 1 N–H and O–H groups in total. The fourth-order valence-electron chi connectivity index (χ4n) is 3.32. The zero-order valence-electron chi connectivity index (χ0n) is 12.9. The van der Waals surface area contributed by atoms with E-state index in [4.69, 9.17) is 4.74 Å². The van der Waals surface area contributed by atoms with Crippen LogP contribution in [0.15, 0.2) is 53.8 Å². The molecule has 1 atom stereocenters. The molecule has 0 aromatic heterocycles. The van der Waals surface area contributed by atoms with E-state index in [1.54, 1.807) is 0 Å². The van der Waals surface area contributed by atoms with Crippen LogP contribution in [-0.4, -0.2) is 18.2 Å². The fourth-order valence-corrected chi connectivity index (χ4v) is 3.32. The molecule has 23 heavy (non-hydrogen) atoms. The van der Waals surface area contributed by atoms with E-state index in [-0.39, 0.29) is 17.8 Å². The first-order valence-electron chi connectivity index (χ1n) is 7.50. The quantitative estimate of drug-likeness (QED) is 0.857. The Kier molecular flexibility index (Phi) is 3.79. The molecule has 4 nitrogen and oxygen atoms in total. The van der Waals surface area contributed by atoms with Crippen molar-refractivity contribution in [1.82, 2.24) is 0 Å². The number of allylic oxidation sites excluding steroid dienone is 1. The molecule has 1 aliphatic carbocycles. The highest BCUT2D eigenvalue weighted by Crippen LogP contribution is 2.43. The number of ether oxygens (including phenoxy) is 1. The second-order valence-electron chi connectivity index (χ2n) is 5.81. The molecule has 0 bridgehead atoms. The Hall–Kier alpha value is -2.80. The number of nitriles is 1. The summed E-state index contributed by atoms with van der Waals surface area (Å²) in [7, 11) is 1.28. The van der Waals surface area contributed by atoms with Crippen LogP contribution >= 0.6 is 0 Å². The maximum Gasteiger partial charge on any atom is 0.337 e. The molecule has 0 amide bonds. The molecule has 0 aliphatic heterocycles. The van der Waals surface area contributed by atoms with Gasteiger partial charge in [0.25, 0.3) is 0 Å². The summed E-state index contributed by atoms with van der Waals surface area (Å²) >= 11 is 0. The molecule has 3 rings (SSSR count). The van der Waals surface area contributed by atoms with Gasteiger partial charge in [0.15, 0.2) is 0 Å². The first-order chi connectivity index (χ1) is 11.1. The van der Waals surface area contributed by atoms with Gasteiger partial charge in [0.2, 0.25) is 0 Å². The average molecular weight is 307 g/mol. The number of hydrogen-bond acceptors (Lipinski definition) is 4. The Morgan fingerprint density at radius 1 is 1.26 bits per heavy atom. The molecular weight excluding hydrogens is 290 g/mol. The van der Waals surface area contributed by atoms with E-state index >= 15 is 0 Å². The number of aliphatic hydroxyl groups excluding tert-OH is 1. The average Bonchev–Trinajstić information content (AvgIpc) is 2.61. The lowest BCUT2D eigenvalue weighted by Crippen LogP contribution is -2.31. The van der Waals surface area contributed by atoms with Crippen LogP contribution in [0.3, 0.4) is 0 Å². The van der Waals surface area contributed by atoms with E-state index in [1.165, 1.54) is 7.11 Å².